The fourth-order valence-electron chi connectivity index (χ4n) is 3.95. The Morgan fingerprint density at radius 3 is 2.62 bits per heavy atom. The van der Waals surface area contributed by atoms with E-state index in [1.165, 1.54) is 34.3 Å². The van der Waals surface area contributed by atoms with Gasteiger partial charge in [0.15, 0.2) is 0 Å². The number of nitrogens with zero attached hydrogens (tertiary/aromatic N) is 1. The zero-order chi connectivity index (χ0) is 14.7. The summed E-state index contributed by atoms with van der Waals surface area (Å²) in [5.41, 5.74) is 3.35. The van der Waals surface area contributed by atoms with Crippen molar-refractivity contribution in [1.82, 2.24) is 10.3 Å². The van der Waals surface area contributed by atoms with E-state index in [0.29, 0.717) is 6.04 Å². The van der Waals surface area contributed by atoms with Gasteiger partial charge in [-0.15, -0.1) is 11.3 Å². The maximum atomic E-state index is 5.98. The summed E-state index contributed by atoms with van der Waals surface area (Å²) in [6.45, 7) is 3.77. The van der Waals surface area contributed by atoms with Crippen LogP contribution in [0.15, 0.2) is 15.9 Å². The van der Waals surface area contributed by atoms with Crippen LogP contribution in [-0.4, -0.2) is 42.8 Å². The lowest BCUT2D eigenvalue weighted by Crippen LogP contribution is -2.64. The van der Waals surface area contributed by atoms with Crippen molar-refractivity contribution in [3.8, 4) is 0 Å². The molecule has 1 unspecified atom stereocenters. The maximum Gasteiger partial charge on any atom is 0.0701 e. The number of hydrogen-bond acceptors (Lipinski definition) is 5. The number of halogens is 1. The number of hydrazine groups is 1. The molecule has 1 aliphatic carbocycles. The zero-order valence-electron chi connectivity index (χ0n) is 12.3. The predicted molar refractivity (Wildman–Crippen MR) is 90.4 cm³/mol. The van der Waals surface area contributed by atoms with Crippen molar-refractivity contribution in [2.24, 2.45) is 5.84 Å². The molecule has 3 rings (SSSR count). The normalized spacial score (nSPS) is 24.3. The highest BCUT2D eigenvalue weighted by Gasteiger charge is 2.46. The third-order valence-electron chi connectivity index (χ3n) is 4.99. The lowest BCUT2D eigenvalue weighted by molar-refractivity contribution is -0.0356. The molecule has 1 atom stereocenters. The average molecular weight is 374 g/mol. The average Bonchev–Trinajstić information content (AvgIpc) is 3.15. The Morgan fingerprint density at radius 2 is 2.05 bits per heavy atom. The van der Waals surface area contributed by atoms with Gasteiger partial charge in [0, 0.05) is 36.0 Å². The second-order valence-corrected chi connectivity index (χ2v) is 8.59. The van der Waals surface area contributed by atoms with Gasteiger partial charge < -0.3 is 4.74 Å². The van der Waals surface area contributed by atoms with Gasteiger partial charge >= 0.3 is 0 Å². The third-order valence-corrected chi connectivity index (χ3v) is 6.64. The van der Waals surface area contributed by atoms with E-state index in [-0.39, 0.29) is 5.54 Å². The van der Waals surface area contributed by atoms with Gasteiger partial charge in [0.1, 0.15) is 0 Å². The molecule has 1 aromatic heterocycles. The fraction of sp³-hybridized carbons (Fsp3) is 0.733. The molecule has 1 saturated heterocycles. The van der Waals surface area contributed by atoms with E-state index in [9.17, 15) is 0 Å². The summed E-state index contributed by atoms with van der Waals surface area (Å²) in [5, 5.41) is 0. The summed E-state index contributed by atoms with van der Waals surface area (Å²) in [6, 6.07) is 4.65. The van der Waals surface area contributed by atoms with Crippen molar-refractivity contribution in [1.29, 1.82) is 0 Å². The minimum atomic E-state index is 0.203. The summed E-state index contributed by atoms with van der Waals surface area (Å²) in [4.78, 5) is 4.03. The van der Waals surface area contributed by atoms with Gasteiger partial charge in [0.2, 0.25) is 0 Å². The number of ether oxygens (including phenoxy) is 1. The van der Waals surface area contributed by atoms with Gasteiger partial charge in [0.25, 0.3) is 0 Å². The van der Waals surface area contributed by atoms with Crippen molar-refractivity contribution in [2.75, 3.05) is 26.3 Å². The van der Waals surface area contributed by atoms with Crippen LogP contribution in [-0.2, 0) is 11.2 Å². The number of thiophene rings is 1. The van der Waals surface area contributed by atoms with E-state index in [0.717, 1.165) is 32.7 Å². The van der Waals surface area contributed by atoms with Crippen LogP contribution in [0.1, 0.15) is 30.6 Å². The lowest BCUT2D eigenvalue weighted by atomic mass is 9.83. The molecule has 1 aliphatic heterocycles. The molecule has 1 saturated carbocycles. The minimum absolute atomic E-state index is 0.203. The van der Waals surface area contributed by atoms with Gasteiger partial charge in [-0.3, -0.25) is 16.2 Å². The molecule has 21 heavy (non-hydrogen) atoms. The van der Waals surface area contributed by atoms with E-state index >= 15 is 0 Å². The Hall–Kier alpha value is 0.0200. The number of hydrogen-bond donors (Lipinski definition) is 2. The molecular weight excluding hydrogens is 350 g/mol. The molecule has 6 heteroatoms. The van der Waals surface area contributed by atoms with Gasteiger partial charge in [-0.2, -0.15) is 0 Å². The van der Waals surface area contributed by atoms with Crippen molar-refractivity contribution in [3.63, 3.8) is 0 Å². The van der Waals surface area contributed by atoms with Crippen LogP contribution in [0.5, 0.6) is 0 Å². The quantitative estimate of drug-likeness (QED) is 0.614. The van der Waals surface area contributed by atoms with Crippen LogP contribution in [0, 0.1) is 0 Å². The Bertz CT molecular complexity index is 456. The van der Waals surface area contributed by atoms with Crippen LogP contribution in [0.2, 0.25) is 0 Å². The Labute approximate surface area is 139 Å². The second kappa shape index (κ2) is 7.06. The van der Waals surface area contributed by atoms with E-state index < -0.39 is 0 Å². The summed E-state index contributed by atoms with van der Waals surface area (Å²) in [7, 11) is 0. The van der Waals surface area contributed by atoms with Gasteiger partial charge in [0.05, 0.1) is 17.0 Å². The number of nitrogens with one attached hydrogen (secondary N) is 1. The molecule has 118 valence electrons. The highest BCUT2D eigenvalue weighted by Crippen LogP contribution is 2.40. The fourth-order valence-corrected chi connectivity index (χ4v) is 5.48. The van der Waals surface area contributed by atoms with Crippen molar-refractivity contribution in [3.05, 3.63) is 20.8 Å². The monoisotopic (exact) mass is 373 g/mol. The molecule has 0 aromatic carbocycles. The van der Waals surface area contributed by atoms with E-state index in [2.05, 4.69) is 38.4 Å². The molecule has 0 amide bonds. The van der Waals surface area contributed by atoms with Crippen LogP contribution in [0.4, 0.5) is 0 Å². The zero-order valence-corrected chi connectivity index (χ0v) is 14.7. The molecule has 0 radical (unpaired) electrons. The Kier molecular flexibility index (Phi) is 5.35. The largest absolute Gasteiger partial charge is 0.379 e. The first-order valence-corrected chi connectivity index (χ1v) is 9.39. The number of rotatable bonds is 5. The van der Waals surface area contributed by atoms with Gasteiger partial charge in [-0.1, -0.05) is 12.8 Å². The standard InChI is InChI=1S/C15H24BrN3OS/c16-14-4-3-12(21-14)11-13(18-17)15(5-1-2-6-15)19-7-9-20-10-8-19/h3-4,13,18H,1-2,5-11,17H2. The first kappa shape index (κ1) is 15.9. The first-order valence-electron chi connectivity index (χ1n) is 7.78. The Morgan fingerprint density at radius 1 is 1.33 bits per heavy atom. The van der Waals surface area contributed by atoms with Crippen LogP contribution >= 0.6 is 27.3 Å². The second-order valence-electron chi connectivity index (χ2n) is 6.04. The van der Waals surface area contributed by atoms with E-state index in [1.807, 2.05) is 11.3 Å². The van der Waals surface area contributed by atoms with Gasteiger partial charge in [-0.05, 0) is 40.9 Å². The lowest BCUT2D eigenvalue weighted by Gasteiger charge is -2.48. The van der Waals surface area contributed by atoms with Crippen molar-refractivity contribution >= 4 is 27.3 Å². The molecule has 2 aliphatic rings. The molecule has 4 nitrogen and oxygen atoms in total. The summed E-state index contributed by atoms with van der Waals surface area (Å²) >= 11 is 5.37. The van der Waals surface area contributed by atoms with Crippen LogP contribution < -0.4 is 11.3 Å². The predicted octanol–water partition coefficient (Wildman–Crippen LogP) is 2.53. The van der Waals surface area contributed by atoms with Crippen molar-refractivity contribution in [2.45, 2.75) is 43.7 Å². The van der Waals surface area contributed by atoms with Crippen LogP contribution in [0.3, 0.4) is 0 Å². The van der Waals surface area contributed by atoms with Crippen molar-refractivity contribution < 1.29 is 4.74 Å². The SMILES string of the molecule is NNC(Cc1ccc(Br)s1)C1(N2CCOCC2)CCCC1. The summed E-state index contributed by atoms with van der Waals surface area (Å²) in [6.07, 6.45) is 6.11. The van der Waals surface area contributed by atoms with Gasteiger partial charge in [-0.25, -0.2) is 0 Å². The first-order chi connectivity index (χ1) is 10.2. The maximum absolute atomic E-state index is 5.98. The molecule has 1 aromatic rings. The smallest absolute Gasteiger partial charge is 0.0701 e. The number of nitrogens with two attached hydrogens (primary N) is 1. The van der Waals surface area contributed by atoms with Crippen LogP contribution in [0.25, 0.3) is 0 Å². The molecule has 2 heterocycles. The third kappa shape index (κ3) is 3.35. The summed E-state index contributed by atoms with van der Waals surface area (Å²) in [5.74, 6) is 5.98. The molecule has 3 N–H and O–H groups in total. The molecule has 0 bridgehead atoms. The highest BCUT2D eigenvalue weighted by molar-refractivity contribution is 9.11. The molecule has 0 spiro atoms. The topological polar surface area (TPSA) is 50.5 Å². The highest BCUT2D eigenvalue weighted by atomic mass is 79.9. The summed E-state index contributed by atoms with van der Waals surface area (Å²) < 4.78 is 6.74. The molecular formula is C15H24BrN3OS. The van der Waals surface area contributed by atoms with E-state index in [4.69, 9.17) is 10.6 Å². The minimum Gasteiger partial charge on any atom is -0.379 e. The molecule has 2 fully saturated rings. The Balaban J connectivity index is 1.79. The number of morpholine rings is 1. The van der Waals surface area contributed by atoms with E-state index in [1.54, 1.807) is 0 Å².